The second-order valence-electron chi connectivity index (χ2n) is 11.5. The third kappa shape index (κ3) is 7.79. The van der Waals surface area contributed by atoms with E-state index in [1.807, 2.05) is 152 Å². The maximum absolute atomic E-state index is 12.4. The van der Waals surface area contributed by atoms with Crippen molar-refractivity contribution in [3.63, 3.8) is 0 Å². The van der Waals surface area contributed by atoms with Crippen LogP contribution < -0.4 is 4.74 Å². The molecule has 6 heteroatoms. The van der Waals surface area contributed by atoms with Gasteiger partial charge in [-0.1, -0.05) is 152 Å². The molecule has 5 aromatic rings. The van der Waals surface area contributed by atoms with E-state index < -0.39 is 30.0 Å². The van der Waals surface area contributed by atoms with Gasteiger partial charge in [-0.2, -0.15) is 0 Å². The molecule has 5 aromatic carbocycles. The fourth-order valence-corrected chi connectivity index (χ4v) is 6.47. The van der Waals surface area contributed by atoms with Crippen LogP contribution in [0.25, 0.3) is 0 Å². The molecule has 0 aliphatic heterocycles. The molecule has 0 bridgehead atoms. The Morgan fingerprint density at radius 2 is 1.02 bits per heavy atom. The summed E-state index contributed by atoms with van der Waals surface area (Å²) in [6.07, 6.45) is -2.53. The van der Waals surface area contributed by atoms with Crippen molar-refractivity contribution in [2.45, 2.75) is 49.3 Å². The van der Waals surface area contributed by atoms with E-state index in [0.717, 1.165) is 22.3 Å². The van der Waals surface area contributed by atoms with Gasteiger partial charge in [-0.3, -0.25) is 0 Å². The summed E-state index contributed by atoms with van der Waals surface area (Å²) in [4.78, 5) is 0.495. The van der Waals surface area contributed by atoms with E-state index >= 15 is 0 Å². The molecule has 46 heavy (non-hydrogen) atoms. The summed E-state index contributed by atoms with van der Waals surface area (Å²) >= 11 is 6.45. The van der Waals surface area contributed by atoms with Gasteiger partial charge in [0.2, 0.25) is 0 Å². The van der Waals surface area contributed by atoms with Gasteiger partial charge in [0.1, 0.15) is 23.6 Å². The minimum absolute atomic E-state index is 0.109. The summed E-state index contributed by atoms with van der Waals surface area (Å²) in [6.45, 7) is -0.541. The average Bonchev–Trinajstić information content (AvgIpc) is 3.11. The van der Waals surface area contributed by atoms with E-state index in [-0.39, 0.29) is 19.4 Å². The molecule has 4 atom stereocenters. The normalized spacial score (nSPS) is 15.2. The molecule has 0 aromatic heterocycles. The van der Waals surface area contributed by atoms with E-state index in [4.69, 9.17) is 21.7 Å². The first-order chi connectivity index (χ1) is 22.5. The second-order valence-corrected chi connectivity index (χ2v) is 12.0. The van der Waals surface area contributed by atoms with Crippen LogP contribution in [0.1, 0.15) is 22.3 Å². The fraction of sp³-hybridized carbons (Fsp3) is 0.225. The largest absolute Gasteiger partial charge is 0.481 e. The highest BCUT2D eigenvalue weighted by molar-refractivity contribution is 7.80. The molecule has 0 aliphatic rings. The first-order valence-electron chi connectivity index (χ1n) is 15.5. The summed E-state index contributed by atoms with van der Waals surface area (Å²) < 4.78 is 14.2. The van der Waals surface area contributed by atoms with Crippen LogP contribution in [0.5, 0.6) is 5.75 Å². The zero-order valence-corrected chi connectivity index (χ0v) is 26.5. The molecule has 3 N–H and O–H groups in total. The molecule has 5 rings (SSSR count). The number of aliphatic hydroxyl groups is 3. The lowest BCUT2D eigenvalue weighted by molar-refractivity contribution is -0.208. The molecule has 236 valence electrons. The molecule has 5 nitrogen and oxygen atoms in total. The van der Waals surface area contributed by atoms with Gasteiger partial charge in [0.25, 0.3) is 0 Å². The number of hydrogen-bond acceptors (Lipinski definition) is 6. The Balaban J connectivity index is 1.81. The van der Waals surface area contributed by atoms with Gasteiger partial charge in [0.05, 0.1) is 13.2 Å². The van der Waals surface area contributed by atoms with Crippen molar-refractivity contribution in [2.75, 3.05) is 6.61 Å². The SMILES string of the molecule is OC[C@@H](O)[C@@H](O)[C@](Cc1ccccc1)(Oc1ccccc1)[C@@](Cc1ccccc1)(OCc1ccccc1)C(=S)Cc1ccccc1. The highest BCUT2D eigenvalue weighted by Gasteiger charge is 2.62. The highest BCUT2D eigenvalue weighted by atomic mass is 32.1. The Morgan fingerprint density at radius 1 is 0.587 bits per heavy atom. The molecular formula is C40H40O5S. The van der Waals surface area contributed by atoms with Crippen molar-refractivity contribution in [1.29, 1.82) is 0 Å². The molecule has 0 fully saturated rings. The summed E-state index contributed by atoms with van der Waals surface area (Å²) in [6, 6.07) is 48.4. The molecule has 0 spiro atoms. The van der Waals surface area contributed by atoms with Crippen LogP contribution in [0.2, 0.25) is 0 Å². The van der Waals surface area contributed by atoms with E-state index in [2.05, 4.69) is 0 Å². The van der Waals surface area contributed by atoms with Crippen molar-refractivity contribution in [3.8, 4) is 5.75 Å². The molecule has 0 amide bonds. The minimum Gasteiger partial charge on any atom is -0.481 e. The van der Waals surface area contributed by atoms with Crippen LogP contribution in [0.15, 0.2) is 152 Å². The smallest absolute Gasteiger partial charge is 0.175 e. The van der Waals surface area contributed by atoms with E-state index in [1.165, 1.54) is 0 Å². The van der Waals surface area contributed by atoms with Gasteiger partial charge < -0.3 is 24.8 Å². The molecule has 0 unspecified atom stereocenters. The molecule has 0 aliphatic carbocycles. The molecule has 0 heterocycles. The maximum atomic E-state index is 12.4. The zero-order chi connectivity index (χ0) is 32.2. The molecular weight excluding hydrogens is 593 g/mol. The predicted octanol–water partition coefficient (Wildman–Crippen LogP) is 6.57. The van der Waals surface area contributed by atoms with E-state index in [1.54, 1.807) is 0 Å². The van der Waals surface area contributed by atoms with Crippen molar-refractivity contribution < 1.29 is 24.8 Å². The first-order valence-corrected chi connectivity index (χ1v) is 15.9. The topological polar surface area (TPSA) is 79.2 Å². The number of rotatable bonds is 16. The number of aliphatic hydroxyl groups excluding tert-OH is 3. The average molecular weight is 633 g/mol. The van der Waals surface area contributed by atoms with Crippen molar-refractivity contribution >= 4 is 17.1 Å². The summed E-state index contributed by atoms with van der Waals surface area (Å²) in [5, 5.41) is 34.0. The highest BCUT2D eigenvalue weighted by Crippen LogP contribution is 2.44. The van der Waals surface area contributed by atoms with Crippen molar-refractivity contribution in [1.82, 2.24) is 0 Å². The number of thiocarbonyl (C=S) groups is 1. The van der Waals surface area contributed by atoms with Crippen LogP contribution in [0, 0.1) is 0 Å². The molecule has 0 saturated carbocycles. The lowest BCUT2D eigenvalue weighted by atomic mass is 9.67. The Morgan fingerprint density at radius 3 is 1.52 bits per heavy atom. The Labute approximate surface area is 276 Å². The fourth-order valence-electron chi connectivity index (χ4n) is 6.00. The molecule has 0 saturated heterocycles. The third-order valence-electron chi connectivity index (χ3n) is 8.35. The van der Waals surface area contributed by atoms with Crippen molar-refractivity contribution in [2.24, 2.45) is 0 Å². The second kappa shape index (κ2) is 15.9. The van der Waals surface area contributed by atoms with Crippen LogP contribution in [0.3, 0.4) is 0 Å². The summed E-state index contributed by atoms with van der Waals surface area (Å²) in [5.41, 5.74) is 0.383. The maximum Gasteiger partial charge on any atom is 0.175 e. The number of ether oxygens (including phenoxy) is 2. The Kier molecular flexibility index (Phi) is 11.5. The monoisotopic (exact) mass is 632 g/mol. The third-order valence-corrected chi connectivity index (χ3v) is 8.82. The summed E-state index contributed by atoms with van der Waals surface area (Å²) in [5.74, 6) is 0.464. The van der Waals surface area contributed by atoms with Gasteiger partial charge in [0.15, 0.2) is 5.60 Å². The van der Waals surface area contributed by atoms with Crippen LogP contribution in [-0.2, 0) is 30.6 Å². The Hall–Kier alpha value is -4.17. The predicted molar refractivity (Wildman–Crippen MR) is 186 cm³/mol. The lowest BCUT2D eigenvalue weighted by Crippen LogP contribution is -2.73. The number of benzene rings is 5. The van der Waals surface area contributed by atoms with Crippen LogP contribution >= 0.6 is 12.2 Å². The summed E-state index contributed by atoms with van der Waals surface area (Å²) in [7, 11) is 0. The van der Waals surface area contributed by atoms with E-state index in [0.29, 0.717) is 17.0 Å². The Bertz CT molecular complexity index is 1580. The van der Waals surface area contributed by atoms with Gasteiger partial charge >= 0.3 is 0 Å². The van der Waals surface area contributed by atoms with Gasteiger partial charge in [0, 0.05) is 24.1 Å². The molecule has 0 radical (unpaired) electrons. The number of para-hydroxylation sites is 1. The minimum atomic E-state index is -1.73. The van der Waals surface area contributed by atoms with Gasteiger partial charge in [-0.15, -0.1) is 0 Å². The van der Waals surface area contributed by atoms with Crippen LogP contribution in [-0.4, -0.2) is 50.2 Å². The van der Waals surface area contributed by atoms with Crippen LogP contribution in [0.4, 0.5) is 0 Å². The quantitative estimate of drug-likeness (QED) is 0.107. The standard InChI is InChI=1S/C40H40O5S/c41-29-36(42)38(43)40(28-33-20-10-3-11-21-33,45-35-24-14-5-15-25-35)39(27-32-18-8-2-9-19-32,44-30-34-22-12-4-13-23-34)37(46)26-31-16-6-1-7-17-31/h1-25,36,38,41-43H,26-30H2/t36-,38-,39+,40+/m1/s1. The lowest BCUT2D eigenvalue weighted by Gasteiger charge is -2.53. The van der Waals surface area contributed by atoms with Gasteiger partial charge in [-0.25, -0.2) is 0 Å². The number of hydrogen-bond donors (Lipinski definition) is 3. The zero-order valence-electron chi connectivity index (χ0n) is 25.7. The van der Waals surface area contributed by atoms with Gasteiger partial charge in [-0.05, 0) is 34.4 Å². The first kappa shape index (κ1) is 33.2. The van der Waals surface area contributed by atoms with E-state index in [9.17, 15) is 15.3 Å². The van der Waals surface area contributed by atoms with Crippen molar-refractivity contribution in [3.05, 3.63) is 174 Å².